The molecular formula is C35H24N2O. The third-order valence-corrected chi connectivity index (χ3v) is 6.88. The minimum Gasteiger partial charge on any atom is -0.435 e. The lowest BCUT2D eigenvalue weighted by atomic mass is 10.0. The fraction of sp³-hybridized carbons (Fsp3) is 0. The van der Waals surface area contributed by atoms with Gasteiger partial charge in [-0.15, -0.1) is 0 Å². The van der Waals surface area contributed by atoms with Crippen molar-refractivity contribution in [2.45, 2.75) is 0 Å². The number of benzene rings is 6. The molecule has 0 N–H and O–H groups in total. The van der Waals surface area contributed by atoms with Crippen molar-refractivity contribution in [1.29, 1.82) is 0 Å². The first kappa shape index (κ1) is 22.1. The van der Waals surface area contributed by atoms with Crippen molar-refractivity contribution in [3.05, 3.63) is 146 Å². The molecule has 180 valence electrons. The Bertz CT molecular complexity index is 1840. The Morgan fingerprint density at radius 2 is 1.00 bits per heavy atom. The highest BCUT2D eigenvalue weighted by molar-refractivity contribution is 6.11. The van der Waals surface area contributed by atoms with Crippen molar-refractivity contribution in [1.82, 2.24) is 4.98 Å². The van der Waals surface area contributed by atoms with Gasteiger partial charge in [-0.3, -0.25) is 0 Å². The van der Waals surface area contributed by atoms with E-state index in [1.165, 1.54) is 11.1 Å². The molecule has 0 spiro atoms. The van der Waals surface area contributed by atoms with Gasteiger partial charge in [0.2, 0.25) is 5.89 Å². The van der Waals surface area contributed by atoms with Crippen molar-refractivity contribution in [2.75, 3.05) is 4.90 Å². The van der Waals surface area contributed by atoms with Crippen molar-refractivity contribution in [3.8, 4) is 22.6 Å². The molecular weight excluding hydrogens is 464 g/mol. The zero-order valence-corrected chi connectivity index (χ0v) is 20.7. The molecule has 0 fully saturated rings. The van der Waals surface area contributed by atoms with Crippen molar-refractivity contribution in [3.63, 3.8) is 0 Å². The number of oxazole rings is 1. The highest BCUT2D eigenvalue weighted by atomic mass is 16.3. The highest BCUT2D eigenvalue weighted by Crippen LogP contribution is 2.42. The van der Waals surface area contributed by atoms with Gasteiger partial charge in [0, 0.05) is 27.7 Å². The summed E-state index contributed by atoms with van der Waals surface area (Å²) >= 11 is 0. The lowest BCUT2D eigenvalue weighted by Gasteiger charge is -2.27. The maximum atomic E-state index is 6.35. The molecule has 0 aliphatic rings. The predicted octanol–water partition coefficient (Wildman–Crippen LogP) is 9.78. The van der Waals surface area contributed by atoms with Gasteiger partial charge in [-0.1, -0.05) is 103 Å². The maximum Gasteiger partial charge on any atom is 0.227 e. The Labute approximate surface area is 221 Å². The molecule has 0 radical (unpaired) electrons. The predicted molar refractivity (Wildman–Crippen MR) is 157 cm³/mol. The molecule has 0 aliphatic heterocycles. The van der Waals surface area contributed by atoms with Crippen LogP contribution in [0.5, 0.6) is 0 Å². The number of anilines is 3. The summed E-state index contributed by atoms with van der Waals surface area (Å²) in [5.74, 6) is 0.626. The number of aromatic nitrogens is 1. The monoisotopic (exact) mass is 488 g/mol. The highest BCUT2D eigenvalue weighted by Gasteiger charge is 2.20. The standard InChI is InChI=1S/C35H24N2O/c1-4-12-25(13-5-1)26-20-22-29(23-21-26)37(28-16-8-3-9-17-28)33-24-32-34(31-19-11-10-18-30(31)33)38-35(36-32)27-14-6-2-7-15-27/h1-24H. The minimum atomic E-state index is 0.626. The molecule has 6 aromatic carbocycles. The Balaban J connectivity index is 1.44. The Morgan fingerprint density at radius 3 is 1.68 bits per heavy atom. The van der Waals surface area contributed by atoms with Crippen LogP contribution in [0, 0.1) is 0 Å². The number of para-hydroxylation sites is 1. The Hall–Kier alpha value is -5.15. The van der Waals surface area contributed by atoms with Crippen LogP contribution in [0.25, 0.3) is 44.5 Å². The fourth-order valence-corrected chi connectivity index (χ4v) is 5.06. The molecule has 0 atom stereocenters. The smallest absolute Gasteiger partial charge is 0.227 e. The van der Waals surface area contributed by atoms with Crippen LogP contribution in [0.4, 0.5) is 17.1 Å². The van der Waals surface area contributed by atoms with Gasteiger partial charge in [0.15, 0.2) is 5.58 Å². The van der Waals surface area contributed by atoms with Crippen LogP contribution in [0.1, 0.15) is 0 Å². The minimum absolute atomic E-state index is 0.626. The van der Waals surface area contributed by atoms with E-state index in [0.717, 1.165) is 44.5 Å². The summed E-state index contributed by atoms with van der Waals surface area (Å²) in [5.41, 5.74) is 8.20. The molecule has 0 saturated heterocycles. The van der Waals surface area contributed by atoms with E-state index < -0.39 is 0 Å². The summed E-state index contributed by atoms with van der Waals surface area (Å²) < 4.78 is 6.35. The molecule has 1 aromatic heterocycles. The van der Waals surface area contributed by atoms with Crippen molar-refractivity contribution in [2.24, 2.45) is 0 Å². The summed E-state index contributed by atoms with van der Waals surface area (Å²) in [5, 5.41) is 2.14. The van der Waals surface area contributed by atoms with Crippen LogP contribution in [0.2, 0.25) is 0 Å². The Kier molecular flexibility index (Phi) is 5.45. The van der Waals surface area contributed by atoms with Gasteiger partial charge < -0.3 is 9.32 Å². The second-order valence-corrected chi connectivity index (χ2v) is 9.26. The lowest BCUT2D eigenvalue weighted by molar-refractivity contribution is 0.623. The summed E-state index contributed by atoms with van der Waals surface area (Å²) in [7, 11) is 0. The number of nitrogens with zero attached hydrogens (tertiary/aromatic N) is 2. The molecule has 0 bridgehead atoms. The average Bonchev–Trinajstić information content (AvgIpc) is 3.44. The zero-order chi connectivity index (χ0) is 25.3. The largest absolute Gasteiger partial charge is 0.435 e. The van der Waals surface area contributed by atoms with Crippen molar-refractivity contribution < 1.29 is 4.42 Å². The molecule has 0 aliphatic carbocycles. The molecule has 7 aromatic rings. The van der Waals surface area contributed by atoms with E-state index in [9.17, 15) is 0 Å². The van der Waals surface area contributed by atoms with Crippen LogP contribution in [-0.4, -0.2) is 4.98 Å². The van der Waals surface area contributed by atoms with Crippen LogP contribution < -0.4 is 4.90 Å². The third kappa shape index (κ3) is 3.91. The summed E-state index contributed by atoms with van der Waals surface area (Å²) in [6.45, 7) is 0. The van der Waals surface area contributed by atoms with Crippen LogP contribution >= 0.6 is 0 Å². The Morgan fingerprint density at radius 1 is 0.474 bits per heavy atom. The third-order valence-electron chi connectivity index (χ3n) is 6.88. The number of hydrogen-bond acceptors (Lipinski definition) is 3. The fourth-order valence-electron chi connectivity index (χ4n) is 5.06. The van der Waals surface area contributed by atoms with E-state index >= 15 is 0 Å². The van der Waals surface area contributed by atoms with Gasteiger partial charge in [0.25, 0.3) is 0 Å². The van der Waals surface area contributed by atoms with Gasteiger partial charge in [-0.25, -0.2) is 4.98 Å². The number of rotatable bonds is 5. The van der Waals surface area contributed by atoms with E-state index in [4.69, 9.17) is 9.40 Å². The zero-order valence-electron chi connectivity index (χ0n) is 20.7. The van der Waals surface area contributed by atoms with Gasteiger partial charge in [-0.05, 0) is 53.6 Å². The molecule has 0 amide bonds. The van der Waals surface area contributed by atoms with E-state index in [1.54, 1.807) is 0 Å². The lowest BCUT2D eigenvalue weighted by Crippen LogP contribution is -2.10. The van der Waals surface area contributed by atoms with Gasteiger partial charge in [-0.2, -0.15) is 0 Å². The first-order chi connectivity index (χ1) is 18.8. The molecule has 0 saturated carbocycles. The SMILES string of the molecule is c1ccc(-c2ccc(N(c3ccccc3)c3cc4nc(-c5ccccc5)oc4c4ccccc34)cc2)cc1. The first-order valence-electron chi connectivity index (χ1n) is 12.7. The molecule has 1 heterocycles. The first-order valence-corrected chi connectivity index (χ1v) is 12.7. The summed E-state index contributed by atoms with van der Waals surface area (Å²) in [6.07, 6.45) is 0. The van der Waals surface area contributed by atoms with E-state index in [2.05, 4.69) is 108 Å². The molecule has 7 rings (SSSR count). The average molecular weight is 489 g/mol. The number of fused-ring (bicyclic) bond motifs is 3. The molecule has 0 unspecified atom stereocenters. The van der Waals surface area contributed by atoms with E-state index in [0.29, 0.717) is 5.89 Å². The molecule has 3 heteroatoms. The van der Waals surface area contributed by atoms with E-state index in [-0.39, 0.29) is 0 Å². The maximum absolute atomic E-state index is 6.35. The van der Waals surface area contributed by atoms with Crippen LogP contribution in [0.3, 0.4) is 0 Å². The normalized spacial score (nSPS) is 11.2. The summed E-state index contributed by atoms with van der Waals surface area (Å²) in [4.78, 5) is 7.22. The second kappa shape index (κ2) is 9.38. The summed E-state index contributed by atoms with van der Waals surface area (Å²) in [6, 6.07) is 50.3. The van der Waals surface area contributed by atoms with Gasteiger partial charge in [0.1, 0.15) is 5.52 Å². The number of hydrogen-bond donors (Lipinski definition) is 0. The molecule has 38 heavy (non-hydrogen) atoms. The van der Waals surface area contributed by atoms with Gasteiger partial charge >= 0.3 is 0 Å². The van der Waals surface area contributed by atoms with Gasteiger partial charge in [0.05, 0.1) is 5.69 Å². The van der Waals surface area contributed by atoms with Crippen molar-refractivity contribution >= 4 is 38.9 Å². The topological polar surface area (TPSA) is 29.3 Å². The quantitative estimate of drug-likeness (QED) is 0.241. The van der Waals surface area contributed by atoms with Crippen LogP contribution in [-0.2, 0) is 0 Å². The van der Waals surface area contributed by atoms with Crippen LogP contribution in [0.15, 0.2) is 150 Å². The second-order valence-electron chi connectivity index (χ2n) is 9.26. The molecule has 3 nitrogen and oxygen atoms in total. The van der Waals surface area contributed by atoms with E-state index in [1.807, 2.05) is 42.5 Å².